The van der Waals surface area contributed by atoms with E-state index in [1.54, 1.807) is 26.4 Å². The Balaban J connectivity index is 2.44. The third-order valence-corrected chi connectivity index (χ3v) is 3.67. The summed E-state index contributed by atoms with van der Waals surface area (Å²) in [4.78, 5) is 0. The van der Waals surface area contributed by atoms with E-state index >= 15 is 0 Å². The molecule has 0 atom stereocenters. The maximum absolute atomic E-state index is 10.2. The van der Waals surface area contributed by atoms with Gasteiger partial charge in [-0.2, -0.15) is 0 Å². The number of phenols is 1. The van der Waals surface area contributed by atoms with Gasteiger partial charge in [0.05, 0.1) is 21.3 Å². The van der Waals surface area contributed by atoms with E-state index in [1.807, 2.05) is 13.0 Å². The number of ether oxygens (including phenoxy) is 3. The van der Waals surface area contributed by atoms with Crippen LogP contribution in [0.1, 0.15) is 5.56 Å². The first-order valence-corrected chi connectivity index (χ1v) is 6.45. The summed E-state index contributed by atoms with van der Waals surface area (Å²) in [6.45, 7) is 1.83. The van der Waals surface area contributed by atoms with Gasteiger partial charge in [0.25, 0.3) is 0 Å². The van der Waals surface area contributed by atoms with Crippen molar-refractivity contribution in [3.05, 3.63) is 23.8 Å². The molecule has 0 saturated carbocycles. The molecule has 3 aromatic rings. The average molecular weight is 288 g/mol. The molecule has 0 amide bonds. The lowest BCUT2D eigenvalue weighted by Gasteiger charge is -2.08. The molecular formula is C16H16O5. The first-order valence-electron chi connectivity index (χ1n) is 6.45. The quantitative estimate of drug-likeness (QED) is 0.797. The number of aromatic hydroxyl groups is 1. The summed E-state index contributed by atoms with van der Waals surface area (Å²) in [6, 6.07) is 5.30. The van der Waals surface area contributed by atoms with Crippen molar-refractivity contribution in [2.45, 2.75) is 6.92 Å². The molecule has 3 rings (SSSR count). The smallest absolute Gasteiger partial charge is 0.164 e. The summed E-state index contributed by atoms with van der Waals surface area (Å²) in [6.07, 6.45) is 0. The third kappa shape index (κ3) is 1.85. The van der Waals surface area contributed by atoms with Gasteiger partial charge in [-0.1, -0.05) is 0 Å². The molecule has 2 aromatic carbocycles. The molecule has 110 valence electrons. The van der Waals surface area contributed by atoms with E-state index in [0.717, 1.165) is 10.8 Å². The molecule has 1 aromatic heterocycles. The van der Waals surface area contributed by atoms with Crippen molar-refractivity contribution < 1.29 is 23.7 Å². The van der Waals surface area contributed by atoms with Crippen LogP contribution in [0, 0.1) is 6.92 Å². The van der Waals surface area contributed by atoms with E-state index in [-0.39, 0.29) is 5.75 Å². The minimum Gasteiger partial charge on any atom is -0.504 e. The second-order valence-electron chi connectivity index (χ2n) is 4.73. The Morgan fingerprint density at radius 3 is 2.05 bits per heavy atom. The van der Waals surface area contributed by atoms with Gasteiger partial charge in [-0.3, -0.25) is 0 Å². The monoisotopic (exact) mass is 288 g/mol. The minimum atomic E-state index is 0.113. The Hall–Kier alpha value is -2.56. The first kappa shape index (κ1) is 13.4. The van der Waals surface area contributed by atoms with Crippen LogP contribution in [0.25, 0.3) is 21.9 Å². The predicted molar refractivity (Wildman–Crippen MR) is 79.8 cm³/mol. The number of fused-ring (bicyclic) bond motifs is 3. The maximum Gasteiger partial charge on any atom is 0.164 e. The lowest BCUT2D eigenvalue weighted by molar-refractivity contribution is 0.355. The van der Waals surface area contributed by atoms with Gasteiger partial charge in [0.15, 0.2) is 23.0 Å². The molecule has 1 N–H and O–H groups in total. The van der Waals surface area contributed by atoms with Crippen LogP contribution < -0.4 is 14.2 Å². The molecule has 5 heteroatoms. The predicted octanol–water partition coefficient (Wildman–Crippen LogP) is 3.63. The summed E-state index contributed by atoms with van der Waals surface area (Å²) in [7, 11) is 4.67. The number of hydrogen-bond acceptors (Lipinski definition) is 5. The van der Waals surface area contributed by atoms with Crippen LogP contribution in [0.3, 0.4) is 0 Å². The molecular weight excluding hydrogens is 272 g/mol. The summed E-state index contributed by atoms with van der Waals surface area (Å²) < 4.78 is 21.6. The van der Waals surface area contributed by atoms with Crippen LogP contribution in [0.15, 0.2) is 22.6 Å². The van der Waals surface area contributed by atoms with Crippen molar-refractivity contribution >= 4 is 21.9 Å². The van der Waals surface area contributed by atoms with Crippen molar-refractivity contribution in [1.82, 2.24) is 0 Å². The van der Waals surface area contributed by atoms with Gasteiger partial charge >= 0.3 is 0 Å². The first-order chi connectivity index (χ1) is 10.1. The minimum absolute atomic E-state index is 0.113. The number of rotatable bonds is 3. The molecule has 0 aliphatic rings. The van der Waals surface area contributed by atoms with Crippen LogP contribution >= 0.6 is 0 Å². The summed E-state index contributed by atoms with van der Waals surface area (Å²) in [5.41, 5.74) is 2.01. The van der Waals surface area contributed by atoms with E-state index in [9.17, 15) is 5.11 Å². The van der Waals surface area contributed by atoms with Gasteiger partial charge in [0, 0.05) is 28.5 Å². The van der Waals surface area contributed by atoms with Crippen molar-refractivity contribution in [2.24, 2.45) is 0 Å². The molecule has 0 saturated heterocycles. The number of hydrogen-bond donors (Lipinski definition) is 1. The fourth-order valence-electron chi connectivity index (χ4n) is 2.58. The van der Waals surface area contributed by atoms with E-state index in [1.165, 1.54) is 7.11 Å². The van der Waals surface area contributed by atoms with Crippen LogP contribution in [-0.2, 0) is 0 Å². The Kier molecular flexibility index (Phi) is 3.05. The van der Waals surface area contributed by atoms with Crippen LogP contribution in [0.2, 0.25) is 0 Å². The fraction of sp³-hybridized carbons (Fsp3) is 0.250. The summed E-state index contributed by atoms with van der Waals surface area (Å²) >= 11 is 0. The molecule has 0 radical (unpaired) electrons. The van der Waals surface area contributed by atoms with E-state index in [2.05, 4.69) is 0 Å². The second-order valence-corrected chi connectivity index (χ2v) is 4.73. The number of phenolic OH excluding ortho intramolecular Hbond substituents is 1. The van der Waals surface area contributed by atoms with Gasteiger partial charge in [-0.05, 0) is 13.0 Å². The molecule has 5 nitrogen and oxygen atoms in total. The molecule has 0 aliphatic heterocycles. The number of furan rings is 1. The van der Waals surface area contributed by atoms with Crippen molar-refractivity contribution in [1.29, 1.82) is 0 Å². The highest BCUT2D eigenvalue weighted by atomic mass is 16.5. The molecule has 0 unspecified atom stereocenters. The Labute approximate surface area is 121 Å². The van der Waals surface area contributed by atoms with E-state index in [4.69, 9.17) is 18.6 Å². The second kappa shape index (κ2) is 4.77. The number of methoxy groups -OCH3 is 3. The highest BCUT2D eigenvalue weighted by Gasteiger charge is 2.18. The zero-order valence-corrected chi connectivity index (χ0v) is 12.3. The molecule has 0 fully saturated rings. The molecule has 0 spiro atoms. The third-order valence-electron chi connectivity index (χ3n) is 3.67. The van der Waals surface area contributed by atoms with Gasteiger partial charge in [-0.15, -0.1) is 0 Å². The SMILES string of the molecule is COc1cc2oc3cc(OC)c(O)c(C)c3c2cc1OC. The van der Waals surface area contributed by atoms with Crippen molar-refractivity contribution in [3.8, 4) is 23.0 Å². The standard InChI is InChI=1S/C16H16O5/c1-8-15-9-5-11(18-2)12(19-3)6-10(9)21-13(15)7-14(20-4)16(8)17/h5-7,17H,1-4H3. The van der Waals surface area contributed by atoms with Crippen molar-refractivity contribution in [2.75, 3.05) is 21.3 Å². The lowest BCUT2D eigenvalue weighted by Crippen LogP contribution is -1.90. The van der Waals surface area contributed by atoms with Gasteiger partial charge in [0.1, 0.15) is 11.2 Å². The van der Waals surface area contributed by atoms with Gasteiger partial charge in [0.2, 0.25) is 0 Å². The summed E-state index contributed by atoms with van der Waals surface area (Å²) in [5, 5.41) is 11.9. The zero-order chi connectivity index (χ0) is 15.1. The molecule has 0 aliphatic carbocycles. The Bertz CT molecular complexity index is 832. The number of benzene rings is 2. The van der Waals surface area contributed by atoms with E-state index < -0.39 is 0 Å². The topological polar surface area (TPSA) is 61.1 Å². The summed E-state index contributed by atoms with van der Waals surface area (Å²) in [5.74, 6) is 1.71. The average Bonchev–Trinajstić information content (AvgIpc) is 2.86. The highest BCUT2D eigenvalue weighted by molar-refractivity contribution is 6.09. The fourth-order valence-corrected chi connectivity index (χ4v) is 2.58. The van der Waals surface area contributed by atoms with Crippen LogP contribution in [-0.4, -0.2) is 26.4 Å². The number of aryl methyl sites for hydroxylation is 1. The molecule has 21 heavy (non-hydrogen) atoms. The van der Waals surface area contributed by atoms with E-state index in [0.29, 0.717) is 34.0 Å². The van der Waals surface area contributed by atoms with Crippen molar-refractivity contribution in [3.63, 3.8) is 0 Å². The largest absolute Gasteiger partial charge is 0.504 e. The zero-order valence-electron chi connectivity index (χ0n) is 12.3. The van der Waals surface area contributed by atoms with Gasteiger partial charge < -0.3 is 23.7 Å². The Morgan fingerprint density at radius 1 is 0.857 bits per heavy atom. The van der Waals surface area contributed by atoms with Crippen LogP contribution in [0.4, 0.5) is 0 Å². The highest BCUT2D eigenvalue weighted by Crippen LogP contribution is 2.43. The molecule has 1 heterocycles. The van der Waals surface area contributed by atoms with Gasteiger partial charge in [-0.25, -0.2) is 0 Å². The lowest BCUT2D eigenvalue weighted by atomic mass is 10.1. The maximum atomic E-state index is 10.2. The molecule has 0 bridgehead atoms. The Morgan fingerprint density at radius 2 is 1.43 bits per heavy atom. The normalized spacial score (nSPS) is 11.0. The van der Waals surface area contributed by atoms with Crippen LogP contribution in [0.5, 0.6) is 23.0 Å².